The number of rotatable bonds is 12. The van der Waals surface area contributed by atoms with E-state index in [1.165, 1.54) is 42.9 Å². The Morgan fingerprint density at radius 3 is 1.29 bits per heavy atom. The van der Waals surface area contributed by atoms with E-state index >= 15 is 0 Å². The number of anilines is 10. The number of hydrogen-bond donors (Lipinski definition) is 0. The van der Waals surface area contributed by atoms with Crippen molar-refractivity contribution in [3.63, 3.8) is 0 Å². The molecule has 8 aromatic carbocycles. The van der Waals surface area contributed by atoms with E-state index in [0.717, 1.165) is 59.1 Å². The van der Waals surface area contributed by atoms with Crippen LogP contribution in [0.2, 0.25) is 0 Å². The second-order valence-electron chi connectivity index (χ2n) is 16.5. The van der Waals surface area contributed by atoms with Crippen molar-refractivity contribution < 1.29 is 0 Å². The summed E-state index contributed by atoms with van der Waals surface area (Å²) in [6, 6.07) is 74.9. The second-order valence-corrected chi connectivity index (χ2v) is 17.5. The van der Waals surface area contributed by atoms with Gasteiger partial charge in [0.05, 0.1) is 6.04 Å². The van der Waals surface area contributed by atoms with E-state index in [0.29, 0.717) is 0 Å². The number of thiophene rings is 1. The van der Waals surface area contributed by atoms with Crippen LogP contribution >= 0.6 is 11.3 Å². The van der Waals surface area contributed by atoms with E-state index < -0.39 is 0 Å². The van der Waals surface area contributed by atoms with E-state index in [1.54, 1.807) is 0 Å². The Morgan fingerprint density at radius 1 is 0.369 bits per heavy atom. The van der Waals surface area contributed by atoms with Crippen LogP contribution in [0, 0.1) is 0 Å². The lowest BCUT2D eigenvalue weighted by Crippen LogP contribution is -2.29. The van der Waals surface area contributed by atoms with Crippen molar-refractivity contribution >= 4 is 88.4 Å². The van der Waals surface area contributed by atoms with Gasteiger partial charge in [0.25, 0.3) is 0 Å². The maximum absolute atomic E-state index is 2.51. The Kier molecular flexibility index (Phi) is 11.1. The summed E-state index contributed by atoms with van der Waals surface area (Å²) in [5.41, 5.74) is 12.6. The van der Waals surface area contributed by atoms with Crippen LogP contribution in [0.3, 0.4) is 0 Å². The Labute approximate surface area is 385 Å². The molecule has 0 saturated carbocycles. The molecule has 0 N–H and O–H groups in total. The van der Waals surface area contributed by atoms with Crippen LogP contribution in [0.15, 0.2) is 254 Å². The van der Waals surface area contributed by atoms with Gasteiger partial charge in [0, 0.05) is 82.7 Å². The lowest BCUT2D eigenvalue weighted by Gasteiger charge is -2.34. The third-order valence-electron chi connectivity index (χ3n) is 12.4. The zero-order chi connectivity index (χ0) is 43.4. The van der Waals surface area contributed by atoms with Gasteiger partial charge in [-0.1, -0.05) is 109 Å². The Hall–Kier alpha value is -7.86. The molecule has 314 valence electrons. The number of allylic oxidation sites excluding steroid dienone is 6. The third kappa shape index (κ3) is 8.14. The summed E-state index contributed by atoms with van der Waals surface area (Å²) in [6.07, 6.45) is 18.6. The van der Waals surface area contributed by atoms with Crippen molar-refractivity contribution in [2.45, 2.75) is 25.3 Å². The third-order valence-corrected chi connectivity index (χ3v) is 13.5. The van der Waals surface area contributed by atoms with Crippen LogP contribution in [-0.4, -0.2) is 6.04 Å². The minimum Gasteiger partial charge on any atom is -0.334 e. The van der Waals surface area contributed by atoms with Crippen molar-refractivity contribution in [2.24, 2.45) is 0 Å². The van der Waals surface area contributed by atoms with Crippen molar-refractivity contribution in [3.05, 3.63) is 254 Å². The van der Waals surface area contributed by atoms with Crippen LogP contribution in [0.25, 0.3) is 20.2 Å². The quantitative estimate of drug-likeness (QED) is 0.121. The summed E-state index contributed by atoms with van der Waals surface area (Å²) in [5.74, 6) is 0. The molecule has 0 fully saturated rings. The van der Waals surface area contributed by atoms with Gasteiger partial charge in [-0.2, -0.15) is 0 Å². The van der Waals surface area contributed by atoms with Gasteiger partial charge < -0.3 is 19.6 Å². The topological polar surface area (TPSA) is 13.0 Å². The average molecular weight is 857 g/mol. The van der Waals surface area contributed by atoms with Gasteiger partial charge in [-0.3, -0.25) is 0 Å². The van der Waals surface area contributed by atoms with Gasteiger partial charge in [0.1, 0.15) is 0 Å². The highest BCUT2D eigenvalue weighted by molar-refractivity contribution is 7.25. The molecule has 0 aliphatic heterocycles. The molecule has 0 bridgehead atoms. The van der Waals surface area contributed by atoms with E-state index in [1.807, 2.05) is 11.3 Å². The van der Waals surface area contributed by atoms with Gasteiger partial charge in [-0.05, 0) is 159 Å². The maximum atomic E-state index is 2.51. The molecule has 1 unspecified atom stereocenters. The number of nitrogens with zero attached hydrogens (tertiary/aromatic N) is 4. The number of fused-ring (bicyclic) bond motifs is 3. The summed E-state index contributed by atoms with van der Waals surface area (Å²) in [5, 5.41) is 2.52. The average Bonchev–Trinajstić information content (AvgIpc) is 3.75. The molecule has 1 atom stereocenters. The fourth-order valence-corrected chi connectivity index (χ4v) is 10.4. The zero-order valence-electron chi connectivity index (χ0n) is 36.1. The van der Waals surface area contributed by atoms with Crippen molar-refractivity contribution in [1.82, 2.24) is 0 Å². The Balaban J connectivity index is 0.973. The largest absolute Gasteiger partial charge is 0.334 e. The van der Waals surface area contributed by atoms with Gasteiger partial charge >= 0.3 is 0 Å². The highest BCUT2D eigenvalue weighted by atomic mass is 32.1. The van der Waals surface area contributed by atoms with Gasteiger partial charge in [0.2, 0.25) is 0 Å². The molecule has 0 radical (unpaired) electrons. The Morgan fingerprint density at radius 2 is 0.800 bits per heavy atom. The molecular weight excluding hydrogens is 809 g/mol. The van der Waals surface area contributed by atoms with Crippen LogP contribution in [0.1, 0.15) is 19.3 Å². The van der Waals surface area contributed by atoms with Gasteiger partial charge in [-0.25, -0.2) is 0 Å². The van der Waals surface area contributed by atoms with Crippen LogP contribution < -0.4 is 19.6 Å². The van der Waals surface area contributed by atoms with E-state index in [-0.39, 0.29) is 6.04 Å². The second kappa shape index (κ2) is 18.1. The molecule has 0 spiro atoms. The first-order valence-corrected chi connectivity index (χ1v) is 23.3. The van der Waals surface area contributed by atoms with Crippen molar-refractivity contribution in [3.8, 4) is 0 Å². The lowest BCUT2D eigenvalue weighted by atomic mass is 10.0. The molecule has 5 heteroatoms. The number of benzene rings is 8. The fraction of sp³-hybridized carbons (Fsp3) is 0.0667. The summed E-state index contributed by atoms with van der Waals surface area (Å²) < 4.78 is 2.55. The summed E-state index contributed by atoms with van der Waals surface area (Å²) >= 11 is 1.86. The molecule has 1 heterocycles. The first-order valence-electron chi connectivity index (χ1n) is 22.5. The van der Waals surface area contributed by atoms with Crippen LogP contribution in [0.4, 0.5) is 56.9 Å². The Bertz CT molecular complexity index is 3130. The normalized spacial score (nSPS) is 14.3. The van der Waals surface area contributed by atoms with Gasteiger partial charge in [0.15, 0.2) is 0 Å². The molecule has 2 aliphatic rings. The predicted octanol–water partition coefficient (Wildman–Crippen LogP) is 17.4. The highest BCUT2D eigenvalue weighted by Gasteiger charge is 2.23. The fourth-order valence-electron chi connectivity index (χ4n) is 9.31. The minimum atomic E-state index is 0.177. The summed E-state index contributed by atoms with van der Waals surface area (Å²) in [7, 11) is 0. The lowest BCUT2D eigenvalue weighted by molar-refractivity contribution is 0.785. The molecule has 4 nitrogen and oxygen atoms in total. The smallest absolute Gasteiger partial charge is 0.0559 e. The molecule has 0 saturated heterocycles. The van der Waals surface area contributed by atoms with Gasteiger partial charge in [-0.15, -0.1) is 11.3 Å². The molecule has 2 aliphatic carbocycles. The summed E-state index contributed by atoms with van der Waals surface area (Å²) in [6.45, 7) is 0. The molecule has 65 heavy (non-hydrogen) atoms. The standard InChI is InChI=1S/C60H48N4S/c1-7-19-45(20-8-1)61(46-21-9-2-10-22-46)51-31-35-53(36-32-51)63(49-27-15-5-16-28-49)55-39-41-59-57(43-55)58-44-56(40-42-60(58)65-59)64(50-29-17-6-18-30-50)54-37-33-52(34-38-54)62(47-23-11-3-12-24-47)48-25-13-4-14-26-48/h1-13,15-25,27-29,31-44,50H,14,26,30H2. The number of hydrogen-bond acceptors (Lipinski definition) is 5. The van der Waals surface area contributed by atoms with E-state index in [2.05, 4.69) is 268 Å². The molecule has 9 aromatic rings. The minimum absolute atomic E-state index is 0.177. The predicted molar refractivity (Wildman–Crippen MR) is 279 cm³/mol. The molecule has 0 amide bonds. The first-order chi connectivity index (χ1) is 32.2. The van der Waals surface area contributed by atoms with Crippen LogP contribution in [-0.2, 0) is 0 Å². The first kappa shape index (κ1) is 40.0. The maximum Gasteiger partial charge on any atom is 0.0559 e. The highest BCUT2D eigenvalue weighted by Crippen LogP contribution is 2.44. The molecule has 11 rings (SSSR count). The zero-order valence-corrected chi connectivity index (χ0v) is 36.9. The molecule has 1 aromatic heterocycles. The van der Waals surface area contributed by atoms with Crippen LogP contribution in [0.5, 0.6) is 0 Å². The monoisotopic (exact) mass is 856 g/mol. The summed E-state index contributed by atoms with van der Waals surface area (Å²) in [4.78, 5) is 9.59. The molecular formula is C60H48N4S. The van der Waals surface area contributed by atoms with E-state index in [4.69, 9.17) is 0 Å². The number of para-hydroxylation sites is 4. The SMILES string of the molecule is C1=CCCC(N(c2ccccc2)c2ccc(N(c3ccc4sc5ccc(N(c6ccccc6)c6ccc(N(c7ccccc7)c7ccccc7)cc6)cc5c4c3)C3C=CC=CC3)cc2)=C1. The van der Waals surface area contributed by atoms with Crippen molar-refractivity contribution in [1.29, 1.82) is 0 Å². The van der Waals surface area contributed by atoms with Crippen molar-refractivity contribution in [2.75, 3.05) is 19.6 Å². The van der Waals surface area contributed by atoms with E-state index in [9.17, 15) is 0 Å².